The van der Waals surface area contributed by atoms with Crippen LogP contribution in [-0.4, -0.2) is 34.1 Å². The van der Waals surface area contributed by atoms with Gasteiger partial charge < -0.3 is 14.9 Å². The number of carboxylic acids is 2. The zero-order valence-corrected chi connectivity index (χ0v) is 16.7. The molecule has 4 unspecified atom stereocenters. The second kappa shape index (κ2) is 6.54. The van der Waals surface area contributed by atoms with Crippen molar-refractivity contribution < 1.29 is 34.1 Å². The van der Waals surface area contributed by atoms with Gasteiger partial charge in [-0.05, 0) is 65.2 Å². The molecular weight excluding hydrogens is 376 g/mol. The van der Waals surface area contributed by atoms with Crippen molar-refractivity contribution in [2.75, 3.05) is 0 Å². The quantitative estimate of drug-likeness (QED) is 0.421. The largest absolute Gasteiger partial charge is 0.481 e. The zero-order valence-electron chi connectivity index (χ0n) is 16.7. The normalized spacial score (nSPS) is 35.7. The molecule has 7 nitrogen and oxygen atoms in total. The molecule has 156 valence electrons. The maximum Gasteiger partial charge on any atom is 0.320 e. The molecule has 4 atom stereocenters. The lowest BCUT2D eigenvalue weighted by molar-refractivity contribution is -0.183. The third-order valence-corrected chi connectivity index (χ3v) is 7.77. The molecule has 0 aromatic carbocycles. The molecule has 0 fully saturated rings. The molecule has 0 saturated carbocycles. The summed E-state index contributed by atoms with van der Waals surface area (Å²) in [6.07, 6.45) is 4.56. The van der Waals surface area contributed by atoms with Gasteiger partial charge in [-0.1, -0.05) is 22.3 Å². The van der Waals surface area contributed by atoms with Gasteiger partial charge in [0.05, 0.1) is 22.7 Å². The van der Waals surface area contributed by atoms with Crippen LogP contribution in [0.15, 0.2) is 22.3 Å². The van der Waals surface area contributed by atoms with E-state index in [-0.39, 0.29) is 12.8 Å². The molecule has 0 aliphatic heterocycles. The summed E-state index contributed by atoms with van der Waals surface area (Å²) in [6.45, 7) is 3.10. The minimum Gasteiger partial charge on any atom is -0.481 e. The lowest BCUT2D eigenvalue weighted by Gasteiger charge is -2.45. The van der Waals surface area contributed by atoms with E-state index in [9.17, 15) is 29.4 Å². The summed E-state index contributed by atoms with van der Waals surface area (Å²) < 4.78 is 5.26. The summed E-state index contributed by atoms with van der Waals surface area (Å²) in [6, 6.07) is 0. The van der Waals surface area contributed by atoms with E-state index in [0.717, 1.165) is 48.0 Å². The fourth-order valence-corrected chi connectivity index (χ4v) is 5.42. The first-order chi connectivity index (χ1) is 13.6. The molecule has 0 saturated heterocycles. The predicted molar refractivity (Wildman–Crippen MR) is 101 cm³/mol. The topological polar surface area (TPSA) is 118 Å². The summed E-state index contributed by atoms with van der Waals surface area (Å²) in [7, 11) is 0. The van der Waals surface area contributed by atoms with E-state index in [2.05, 4.69) is 0 Å². The van der Waals surface area contributed by atoms with Crippen LogP contribution in [0.5, 0.6) is 0 Å². The third-order valence-electron chi connectivity index (χ3n) is 7.77. The van der Waals surface area contributed by atoms with Crippen LogP contribution in [0.2, 0.25) is 0 Å². The summed E-state index contributed by atoms with van der Waals surface area (Å²) in [4.78, 5) is 49.8. The fraction of sp³-hybridized carbons (Fsp3) is 0.636. The Kier molecular flexibility index (Phi) is 4.48. The van der Waals surface area contributed by atoms with Crippen molar-refractivity contribution in [3.8, 4) is 0 Å². The summed E-state index contributed by atoms with van der Waals surface area (Å²) in [5.41, 5.74) is 1.72. The predicted octanol–water partition coefficient (Wildman–Crippen LogP) is 3.24. The van der Waals surface area contributed by atoms with Crippen molar-refractivity contribution in [2.45, 2.75) is 65.2 Å². The van der Waals surface area contributed by atoms with E-state index < -0.39 is 46.5 Å². The lowest BCUT2D eigenvalue weighted by Crippen LogP contribution is -2.50. The van der Waals surface area contributed by atoms with Gasteiger partial charge in [0.2, 0.25) is 0 Å². The average molecular weight is 402 g/mol. The highest BCUT2D eigenvalue weighted by atomic mass is 16.6. The van der Waals surface area contributed by atoms with Gasteiger partial charge in [0, 0.05) is 0 Å². The van der Waals surface area contributed by atoms with Crippen LogP contribution in [0.1, 0.15) is 65.2 Å². The molecule has 4 rings (SSSR count). The molecule has 0 heterocycles. The lowest BCUT2D eigenvalue weighted by atomic mass is 9.60. The van der Waals surface area contributed by atoms with E-state index in [0.29, 0.717) is 12.8 Å². The number of esters is 2. The molecule has 4 aliphatic carbocycles. The minimum atomic E-state index is -1.33. The van der Waals surface area contributed by atoms with Crippen LogP contribution in [0.4, 0.5) is 0 Å². The Morgan fingerprint density at radius 1 is 0.724 bits per heavy atom. The molecule has 0 aromatic rings. The maximum absolute atomic E-state index is 13.1. The molecule has 29 heavy (non-hydrogen) atoms. The number of aliphatic carboxylic acids is 2. The molecule has 4 aliphatic rings. The molecule has 0 amide bonds. The smallest absolute Gasteiger partial charge is 0.320 e. The maximum atomic E-state index is 13.1. The number of hydrogen-bond acceptors (Lipinski definition) is 5. The Balaban J connectivity index is 1.58. The second-order valence-corrected chi connectivity index (χ2v) is 9.47. The Morgan fingerprint density at radius 2 is 1.07 bits per heavy atom. The first kappa shape index (κ1) is 19.9. The standard InChI is InChI=1S/C22H26O7/c1-21(9-13-5-3-11(13)7-15(21)17(23)24)19(27)29-20(28)22(2)10-14-6-4-12(14)8-16(22)18(25)26/h15-16H,3-10H2,1-2H3,(H,23,24)(H,25,26). The molecule has 2 N–H and O–H groups in total. The Bertz CT molecular complexity index is 823. The molecule has 0 spiro atoms. The molecule has 0 radical (unpaired) electrons. The highest BCUT2D eigenvalue weighted by molar-refractivity contribution is 5.96. The molecular formula is C22H26O7. The van der Waals surface area contributed by atoms with E-state index in [1.54, 1.807) is 13.8 Å². The van der Waals surface area contributed by atoms with Gasteiger partial charge in [0.1, 0.15) is 0 Å². The van der Waals surface area contributed by atoms with E-state index >= 15 is 0 Å². The van der Waals surface area contributed by atoms with Gasteiger partial charge in [-0.3, -0.25) is 19.2 Å². The van der Waals surface area contributed by atoms with Crippen molar-refractivity contribution in [2.24, 2.45) is 22.7 Å². The number of carbonyl (C=O) groups is 4. The Hall–Kier alpha value is -2.44. The van der Waals surface area contributed by atoms with E-state index in [4.69, 9.17) is 4.74 Å². The van der Waals surface area contributed by atoms with Gasteiger partial charge >= 0.3 is 23.9 Å². The van der Waals surface area contributed by atoms with Gasteiger partial charge in [0.15, 0.2) is 0 Å². The van der Waals surface area contributed by atoms with Crippen molar-refractivity contribution in [1.29, 1.82) is 0 Å². The van der Waals surface area contributed by atoms with Crippen molar-refractivity contribution in [3.63, 3.8) is 0 Å². The number of ether oxygens (including phenoxy) is 1. The zero-order chi connectivity index (χ0) is 21.1. The molecule has 7 heteroatoms. The minimum absolute atomic E-state index is 0.278. The fourth-order valence-electron chi connectivity index (χ4n) is 5.42. The number of hydrogen-bond donors (Lipinski definition) is 2. The van der Waals surface area contributed by atoms with Gasteiger partial charge in [-0.15, -0.1) is 0 Å². The highest BCUT2D eigenvalue weighted by Crippen LogP contribution is 2.53. The van der Waals surface area contributed by atoms with Crippen molar-refractivity contribution in [3.05, 3.63) is 22.3 Å². The van der Waals surface area contributed by atoms with Gasteiger partial charge in [-0.2, -0.15) is 0 Å². The van der Waals surface area contributed by atoms with Crippen molar-refractivity contribution in [1.82, 2.24) is 0 Å². The average Bonchev–Trinajstić information content (AvgIpc) is 2.60. The Morgan fingerprint density at radius 3 is 1.34 bits per heavy atom. The summed E-state index contributed by atoms with van der Waals surface area (Å²) in [5, 5.41) is 19.3. The van der Waals surface area contributed by atoms with Crippen LogP contribution in [0.3, 0.4) is 0 Å². The van der Waals surface area contributed by atoms with Crippen LogP contribution < -0.4 is 0 Å². The molecule has 0 aromatic heterocycles. The van der Waals surface area contributed by atoms with Crippen LogP contribution >= 0.6 is 0 Å². The summed E-state index contributed by atoms with van der Waals surface area (Å²) in [5.74, 6) is -5.76. The second-order valence-electron chi connectivity index (χ2n) is 9.47. The summed E-state index contributed by atoms with van der Waals surface area (Å²) >= 11 is 0. The monoisotopic (exact) mass is 402 g/mol. The van der Waals surface area contributed by atoms with Gasteiger partial charge in [-0.25, -0.2) is 0 Å². The van der Waals surface area contributed by atoms with Crippen LogP contribution in [-0.2, 0) is 23.9 Å². The third kappa shape index (κ3) is 2.93. The number of rotatable bonds is 4. The Labute approximate surface area is 168 Å². The van der Waals surface area contributed by atoms with E-state index in [1.807, 2.05) is 0 Å². The highest BCUT2D eigenvalue weighted by Gasteiger charge is 2.56. The number of carboxylic acid groups (broad SMARTS) is 2. The number of allylic oxidation sites excluding steroid dienone is 4. The van der Waals surface area contributed by atoms with Gasteiger partial charge in [0.25, 0.3) is 0 Å². The van der Waals surface area contributed by atoms with Crippen LogP contribution in [0, 0.1) is 22.7 Å². The first-order valence-corrected chi connectivity index (χ1v) is 10.2. The van der Waals surface area contributed by atoms with E-state index in [1.165, 1.54) is 0 Å². The number of carbonyl (C=O) groups excluding carboxylic acids is 2. The van der Waals surface area contributed by atoms with Crippen LogP contribution in [0.25, 0.3) is 0 Å². The molecule has 0 bridgehead atoms. The SMILES string of the molecule is CC1(C(=O)OC(=O)C2(C)CC3=C(CC3)CC2C(=O)O)CC2=C(CC2)CC1C(=O)O. The van der Waals surface area contributed by atoms with Crippen molar-refractivity contribution >= 4 is 23.9 Å². The first-order valence-electron chi connectivity index (χ1n) is 10.2.